The lowest BCUT2D eigenvalue weighted by Gasteiger charge is -2.12. The Hall–Kier alpha value is -1.26. The zero-order valence-electron chi connectivity index (χ0n) is 11.6. The van der Waals surface area contributed by atoms with Crippen LogP contribution >= 0.6 is 0 Å². The summed E-state index contributed by atoms with van der Waals surface area (Å²) in [7, 11) is 0. The minimum atomic E-state index is 0.0177. The summed E-state index contributed by atoms with van der Waals surface area (Å²) in [5, 5.41) is 0. The summed E-state index contributed by atoms with van der Waals surface area (Å²) in [5.74, 6) is 6.40. The van der Waals surface area contributed by atoms with Gasteiger partial charge in [0.15, 0.2) is 0 Å². The summed E-state index contributed by atoms with van der Waals surface area (Å²) in [6.07, 6.45) is 0.722. The van der Waals surface area contributed by atoms with Gasteiger partial charge in [-0.1, -0.05) is 24.1 Å². The van der Waals surface area contributed by atoms with E-state index in [1.165, 1.54) is 16.7 Å². The van der Waals surface area contributed by atoms with Crippen LogP contribution in [-0.4, -0.2) is 0 Å². The molecule has 1 aromatic rings. The predicted molar refractivity (Wildman–Crippen MR) is 74.7 cm³/mol. The average molecular weight is 229 g/mol. The van der Waals surface area contributed by atoms with Crippen molar-refractivity contribution < 1.29 is 0 Å². The molecule has 92 valence electrons. The van der Waals surface area contributed by atoms with E-state index in [-0.39, 0.29) is 11.5 Å². The summed E-state index contributed by atoms with van der Waals surface area (Å²) in [4.78, 5) is 0. The van der Waals surface area contributed by atoms with Crippen LogP contribution < -0.4 is 5.73 Å². The molecule has 0 radical (unpaired) electrons. The molecule has 1 atom stereocenters. The van der Waals surface area contributed by atoms with Crippen LogP contribution in [0.4, 0.5) is 0 Å². The predicted octanol–water partition coefficient (Wildman–Crippen LogP) is 3.74. The van der Waals surface area contributed by atoms with Gasteiger partial charge in [-0.3, -0.25) is 0 Å². The van der Waals surface area contributed by atoms with Crippen LogP contribution in [0.5, 0.6) is 0 Å². The molecule has 1 rings (SSSR count). The number of benzene rings is 1. The maximum atomic E-state index is 6.14. The maximum absolute atomic E-state index is 6.14. The van der Waals surface area contributed by atoms with Crippen molar-refractivity contribution >= 4 is 0 Å². The van der Waals surface area contributed by atoms with Crippen molar-refractivity contribution in [2.75, 3.05) is 0 Å². The SMILES string of the molecule is Cc1ccc(C(N)CC#CC(C)(C)C)cc1C. The summed E-state index contributed by atoms with van der Waals surface area (Å²) in [6, 6.07) is 6.41. The van der Waals surface area contributed by atoms with Crippen LogP contribution in [0.15, 0.2) is 18.2 Å². The summed E-state index contributed by atoms with van der Waals surface area (Å²) in [6.45, 7) is 10.6. The highest BCUT2D eigenvalue weighted by Crippen LogP contribution is 2.18. The fourth-order valence-corrected chi connectivity index (χ4v) is 1.54. The zero-order chi connectivity index (χ0) is 13.1. The standard InChI is InChI=1S/C16H23N/c1-12-8-9-14(11-13(12)2)15(17)7-6-10-16(3,4)5/h8-9,11,15H,7,17H2,1-5H3. The van der Waals surface area contributed by atoms with Crippen molar-refractivity contribution in [2.24, 2.45) is 11.1 Å². The molecule has 0 fully saturated rings. The third-order valence-corrected chi connectivity index (χ3v) is 2.74. The monoisotopic (exact) mass is 229 g/mol. The third kappa shape index (κ3) is 4.63. The lowest BCUT2D eigenvalue weighted by atomic mass is 9.96. The Morgan fingerprint density at radius 3 is 2.35 bits per heavy atom. The van der Waals surface area contributed by atoms with Gasteiger partial charge in [0.2, 0.25) is 0 Å². The van der Waals surface area contributed by atoms with E-state index in [0.29, 0.717) is 0 Å². The molecule has 0 bridgehead atoms. The van der Waals surface area contributed by atoms with Gasteiger partial charge in [0.25, 0.3) is 0 Å². The third-order valence-electron chi connectivity index (χ3n) is 2.74. The van der Waals surface area contributed by atoms with E-state index in [0.717, 1.165) is 6.42 Å². The molecule has 0 heterocycles. The van der Waals surface area contributed by atoms with E-state index in [1.54, 1.807) is 0 Å². The molecule has 0 saturated heterocycles. The molecule has 0 aliphatic heterocycles. The second-order valence-corrected chi connectivity index (χ2v) is 5.71. The Labute approximate surface area is 105 Å². The first-order valence-electron chi connectivity index (χ1n) is 6.12. The van der Waals surface area contributed by atoms with E-state index < -0.39 is 0 Å². The van der Waals surface area contributed by atoms with Gasteiger partial charge in [-0.2, -0.15) is 0 Å². The molecule has 2 N–H and O–H groups in total. The average Bonchev–Trinajstić information content (AvgIpc) is 2.20. The molecule has 1 heteroatoms. The molecular weight excluding hydrogens is 206 g/mol. The first kappa shape index (κ1) is 13.8. The summed E-state index contributed by atoms with van der Waals surface area (Å²) in [5.41, 5.74) is 9.98. The normalized spacial score (nSPS) is 12.8. The van der Waals surface area contributed by atoms with E-state index in [1.807, 2.05) is 0 Å². The molecule has 0 spiro atoms. The second kappa shape index (κ2) is 5.38. The Morgan fingerprint density at radius 1 is 1.18 bits per heavy atom. The minimum Gasteiger partial charge on any atom is -0.323 e. The van der Waals surface area contributed by atoms with Gasteiger partial charge in [0.05, 0.1) is 0 Å². The van der Waals surface area contributed by atoms with Crippen LogP contribution in [0.1, 0.15) is 49.9 Å². The van der Waals surface area contributed by atoms with Crippen LogP contribution in [0, 0.1) is 31.1 Å². The van der Waals surface area contributed by atoms with E-state index in [4.69, 9.17) is 5.73 Å². The molecule has 0 amide bonds. The zero-order valence-corrected chi connectivity index (χ0v) is 11.6. The van der Waals surface area contributed by atoms with Crippen molar-refractivity contribution in [3.8, 4) is 11.8 Å². The molecule has 0 aliphatic rings. The van der Waals surface area contributed by atoms with Crippen LogP contribution in [-0.2, 0) is 0 Å². The molecule has 0 aliphatic carbocycles. The first-order valence-corrected chi connectivity index (χ1v) is 6.12. The Bertz CT molecular complexity index is 441. The molecule has 1 aromatic carbocycles. The Balaban J connectivity index is 2.73. The number of hydrogen-bond donors (Lipinski definition) is 1. The van der Waals surface area contributed by atoms with E-state index in [2.05, 4.69) is 64.7 Å². The number of rotatable bonds is 2. The van der Waals surface area contributed by atoms with E-state index in [9.17, 15) is 0 Å². The van der Waals surface area contributed by atoms with Gasteiger partial charge in [-0.25, -0.2) is 0 Å². The van der Waals surface area contributed by atoms with Gasteiger partial charge in [-0.05, 0) is 51.3 Å². The van der Waals surface area contributed by atoms with Crippen LogP contribution in [0.25, 0.3) is 0 Å². The van der Waals surface area contributed by atoms with Crippen molar-refractivity contribution in [1.82, 2.24) is 0 Å². The number of nitrogens with two attached hydrogens (primary N) is 1. The van der Waals surface area contributed by atoms with Gasteiger partial charge >= 0.3 is 0 Å². The van der Waals surface area contributed by atoms with E-state index >= 15 is 0 Å². The van der Waals surface area contributed by atoms with Crippen molar-refractivity contribution in [3.05, 3.63) is 34.9 Å². The van der Waals surface area contributed by atoms with Gasteiger partial charge in [-0.15, -0.1) is 5.92 Å². The van der Waals surface area contributed by atoms with Gasteiger partial charge in [0, 0.05) is 17.9 Å². The molecule has 1 unspecified atom stereocenters. The van der Waals surface area contributed by atoms with Gasteiger partial charge < -0.3 is 5.73 Å². The number of aryl methyl sites for hydroxylation is 2. The lowest BCUT2D eigenvalue weighted by molar-refractivity contribution is 0.569. The molecule has 0 aromatic heterocycles. The largest absolute Gasteiger partial charge is 0.323 e. The molecule has 17 heavy (non-hydrogen) atoms. The second-order valence-electron chi connectivity index (χ2n) is 5.71. The van der Waals surface area contributed by atoms with Crippen molar-refractivity contribution in [3.63, 3.8) is 0 Å². The fraction of sp³-hybridized carbons (Fsp3) is 0.500. The fourth-order valence-electron chi connectivity index (χ4n) is 1.54. The summed E-state index contributed by atoms with van der Waals surface area (Å²) >= 11 is 0. The highest BCUT2D eigenvalue weighted by atomic mass is 14.6. The minimum absolute atomic E-state index is 0.0177. The van der Waals surface area contributed by atoms with Crippen LogP contribution in [0.2, 0.25) is 0 Å². The van der Waals surface area contributed by atoms with Crippen LogP contribution in [0.3, 0.4) is 0 Å². The topological polar surface area (TPSA) is 26.0 Å². The quantitative estimate of drug-likeness (QED) is 0.768. The first-order chi connectivity index (χ1) is 7.79. The molecule has 1 nitrogen and oxygen atoms in total. The maximum Gasteiger partial charge on any atom is 0.0405 e. The summed E-state index contributed by atoms with van der Waals surface area (Å²) < 4.78 is 0. The highest BCUT2D eigenvalue weighted by molar-refractivity contribution is 5.32. The molecular formula is C16H23N. The Kier molecular flexibility index (Phi) is 4.37. The molecule has 0 saturated carbocycles. The number of hydrogen-bond acceptors (Lipinski definition) is 1. The van der Waals surface area contributed by atoms with Crippen molar-refractivity contribution in [1.29, 1.82) is 0 Å². The highest BCUT2D eigenvalue weighted by Gasteiger charge is 2.07. The van der Waals surface area contributed by atoms with Crippen molar-refractivity contribution in [2.45, 2.75) is 47.1 Å². The Morgan fingerprint density at radius 2 is 1.82 bits per heavy atom. The lowest BCUT2D eigenvalue weighted by Crippen LogP contribution is -2.10. The van der Waals surface area contributed by atoms with Gasteiger partial charge in [0.1, 0.15) is 0 Å². The smallest absolute Gasteiger partial charge is 0.0405 e.